The van der Waals surface area contributed by atoms with E-state index in [9.17, 15) is 9.90 Å². The monoisotopic (exact) mass is 374 g/mol. The van der Waals surface area contributed by atoms with E-state index in [1.54, 1.807) is 12.5 Å². The van der Waals surface area contributed by atoms with E-state index in [1.807, 2.05) is 0 Å². The van der Waals surface area contributed by atoms with E-state index in [-0.39, 0.29) is 12.1 Å². The summed E-state index contributed by atoms with van der Waals surface area (Å²) in [6, 6.07) is 0. The highest BCUT2D eigenvalue weighted by atomic mass is 16.5. The first kappa shape index (κ1) is 19.5. The van der Waals surface area contributed by atoms with Gasteiger partial charge in [0.2, 0.25) is 0 Å². The molecule has 0 aromatic rings. The van der Waals surface area contributed by atoms with Gasteiger partial charge in [-0.05, 0) is 91.8 Å². The van der Waals surface area contributed by atoms with Gasteiger partial charge in [0.1, 0.15) is 6.10 Å². The molecule has 0 bridgehead atoms. The van der Waals surface area contributed by atoms with E-state index in [0.717, 1.165) is 31.1 Å². The maximum Gasteiger partial charge on any atom is 0.302 e. The number of carbonyl (C=O) groups is 1. The van der Waals surface area contributed by atoms with Crippen molar-refractivity contribution in [3.8, 4) is 0 Å². The number of hydrogen-bond donors (Lipinski definition) is 1. The summed E-state index contributed by atoms with van der Waals surface area (Å²) in [5.41, 5.74) is 2.52. The normalized spacial score (nSPS) is 47.3. The van der Waals surface area contributed by atoms with Crippen LogP contribution in [0.1, 0.15) is 79.1 Å². The van der Waals surface area contributed by atoms with Crippen LogP contribution in [-0.4, -0.2) is 23.8 Å². The van der Waals surface area contributed by atoms with Gasteiger partial charge in [0.25, 0.3) is 0 Å². The topological polar surface area (TPSA) is 46.5 Å². The molecule has 0 saturated heterocycles. The van der Waals surface area contributed by atoms with Crippen LogP contribution in [0.4, 0.5) is 0 Å². The van der Waals surface area contributed by atoms with Crippen molar-refractivity contribution < 1.29 is 14.6 Å². The Morgan fingerprint density at radius 1 is 1.19 bits per heavy atom. The third-order valence-corrected chi connectivity index (χ3v) is 9.41. The van der Waals surface area contributed by atoms with E-state index >= 15 is 0 Å². The van der Waals surface area contributed by atoms with Crippen molar-refractivity contribution in [1.82, 2.24) is 0 Å². The number of aliphatic hydroxyl groups excluding tert-OH is 1. The van der Waals surface area contributed by atoms with Crippen LogP contribution in [0.25, 0.3) is 0 Å². The molecule has 3 nitrogen and oxygen atoms in total. The van der Waals surface area contributed by atoms with Gasteiger partial charge in [0.05, 0.1) is 0 Å². The molecule has 3 fully saturated rings. The van der Waals surface area contributed by atoms with Gasteiger partial charge in [-0.3, -0.25) is 4.79 Å². The van der Waals surface area contributed by atoms with E-state index in [1.165, 1.54) is 32.1 Å². The van der Waals surface area contributed by atoms with Gasteiger partial charge in [-0.1, -0.05) is 32.4 Å². The quantitative estimate of drug-likeness (QED) is 0.550. The average Bonchev–Trinajstić information content (AvgIpc) is 2.98. The maximum absolute atomic E-state index is 11.4. The van der Waals surface area contributed by atoms with E-state index < -0.39 is 0 Å². The fourth-order valence-corrected chi connectivity index (χ4v) is 7.92. The number of carbonyl (C=O) groups excluding carboxylic acids is 1. The molecule has 0 spiro atoms. The minimum Gasteiger partial charge on any atom is -0.463 e. The molecule has 3 saturated carbocycles. The zero-order valence-electron chi connectivity index (χ0n) is 17.7. The lowest BCUT2D eigenvalue weighted by Gasteiger charge is -2.58. The largest absolute Gasteiger partial charge is 0.463 e. The van der Waals surface area contributed by atoms with Crippen molar-refractivity contribution in [3.05, 3.63) is 11.6 Å². The molecule has 1 unspecified atom stereocenters. The predicted molar refractivity (Wildman–Crippen MR) is 107 cm³/mol. The number of ether oxygens (including phenoxy) is 1. The van der Waals surface area contributed by atoms with Crippen molar-refractivity contribution in [2.45, 2.75) is 85.2 Å². The van der Waals surface area contributed by atoms with Crippen molar-refractivity contribution in [3.63, 3.8) is 0 Å². The molecular weight excluding hydrogens is 336 g/mol. The zero-order valence-corrected chi connectivity index (χ0v) is 17.7. The SMILES string of the molecule is CC(=O)O[C@H]1CC[C@@]2(C)C(CC=C3[C@@H]4CC[C@H]([C@@H](C)CO)[C@@]4(C)CC[C@@H]32)C1. The smallest absolute Gasteiger partial charge is 0.302 e. The summed E-state index contributed by atoms with van der Waals surface area (Å²) in [5, 5.41) is 9.76. The Labute approximate surface area is 164 Å². The Balaban J connectivity index is 1.57. The highest BCUT2D eigenvalue weighted by molar-refractivity contribution is 5.66. The van der Waals surface area contributed by atoms with Crippen LogP contribution in [-0.2, 0) is 9.53 Å². The average molecular weight is 375 g/mol. The zero-order chi connectivity index (χ0) is 19.4. The lowest BCUT2D eigenvalue weighted by molar-refractivity contribution is -0.152. The number of hydrogen-bond acceptors (Lipinski definition) is 3. The van der Waals surface area contributed by atoms with E-state index in [0.29, 0.717) is 35.2 Å². The highest BCUT2D eigenvalue weighted by Gasteiger charge is 2.58. The van der Waals surface area contributed by atoms with Gasteiger partial charge in [0, 0.05) is 13.5 Å². The van der Waals surface area contributed by atoms with Crippen molar-refractivity contribution in [2.75, 3.05) is 6.61 Å². The molecule has 0 heterocycles. The first-order chi connectivity index (χ1) is 12.8. The Hall–Kier alpha value is -0.830. The van der Waals surface area contributed by atoms with Crippen LogP contribution in [0.3, 0.4) is 0 Å². The van der Waals surface area contributed by atoms with Gasteiger partial charge in [-0.25, -0.2) is 0 Å². The first-order valence-electron chi connectivity index (χ1n) is 11.3. The Morgan fingerprint density at radius 3 is 2.59 bits per heavy atom. The minimum atomic E-state index is -0.126. The standard InChI is InChI=1S/C24H38O3/c1-15(14-25)20-7-8-21-19-6-5-17-13-18(27-16(2)26)9-11-23(17,3)22(19)10-12-24(20,21)4/h6,15,17-18,20-22,25H,5,7-14H2,1-4H3/t15-,17?,18-,20+,21-,22-,23-,24+/m0/s1. The molecule has 3 heteroatoms. The molecule has 152 valence electrons. The van der Waals surface area contributed by atoms with E-state index in [2.05, 4.69) is 26.8 Å². The molecule has 1 N–H and O–H groups in total. The molecule has 4 aliphatic carbocycles. The Kier molecular flexibility index (Phi) is 4.98. The molecule has 27 heavy (non-hydrogen) atoms. The van der Waals surface area contributed by atoms with Gasteiger partial charge >= 0.3 is 5.97 Å². The molecule has 0 radical (unpaired) electrons. The number of aliphatic hydroxyl groups is 1. The fourth-order valence-electron chi connectivity index (χ4n) is 7.92. The second-order valence-electron chi connectivity index (χ2n) is 10.6. The summed E-state index contributed by atoms with van der Waals surface area (Å²) in [6.07, 6.45) is 12.4. The van der Waals surface area contributed by atoms with Crippen LogP contribution in [0.15, 0.2) is 11.6 Å². The molecule has 4 rings (SSSR count). The highest BCUT2D eigenvalue weighted by Crippen LogP contribution is 2.66. The lowest BCUT2D eigenvalue weighted by Crippen LogP contribution is -2.50. The summed E-state index contributed by atoms with van der Waals surface area (Å²) in [4.78, 5) is 11.4. The van der Waals surface area contributed by atoms with Crippen LogP contribution < -0.4 is 0 Å². The third-order valence-electron chi connectivity index (χ3n) is 9.41. The summed E-state index contributed by atoms with van der Waals surface area (Å²) >= 11 is 0. The molecule has 0 aromatic heterocycles. The molecular formula is C24H38O3. The van der Waals surface area contributed by atoms with Crippen molar-refractivity contribution >= 4 is 5.97 Å². The number of fused-ring (bicyclic) bond motifs is 5. The van der Waals surface area contributed by atoms with Gasteiger partial charge < -0.3 is 9.84 Å². The second kappa shape index (κ2) is 6.90. The van der Waals surface area contributed by atoms with Crippen molar-refractivity contribution in [2.24, 2.45) is 40.4 Å². The Morgan fingerprint density at radius 2 is 1.89 bits per heavy atom. The summed E-state index contributed by atoms with van der Waals surface area (Å²) in [5.74, 6) is 3.05. The molecule has 8 atom stereocenters. The molecule has 0 aromatic carbocycles. The maximum atomic E-state index is 11.4. The molecule has 4 aliphatic rings. The third kappa shape index (κ3) is 2.99. The number of esters is 1. The molecule has 0 amide bonds. The van der Waals surface area contributed by atoms with Crippen LogP contribution >= 0.6 is 0 Å². The van der Waals surface area contributed by atoms with Crippen molar-refractivity contribution in [1.29, 1.82) is 0 Å². The first-order valence-corrected chi connectivity index (χ1v) is 11.3. The Bertz CT molecular complexity index is 625. The minimum absolute atomic E-state index is 0.126. The van der Waals surface area contributed by atoms with Gasteiger partial charge in [-0.15, -0.1) is 0 Å². The summed E-state index contributed by atoms with van der Waals surface area (Å²) in [6.45, 7) is 9.16. The predicted octanol–water partition coefficient (Wildman–Crippen LogP) is 5.13. The van der Waals surface area contributed by atoms with Crippen LogP contribution in [0.2, 0.25) is 0 Å². The number of rotatable bonds is 3. The van der Waals surface area contributed by atoms with Crippen LogP contribution in [0, 0.1) is 40.4 Å². The van der Waals surface area contributed by atoms with Crippen LogP contribution in [0.5, 0.6) is 0 Å². The van der Waals surface area contributed by atoms with Gasteiger partial charge in [-0.2, -0.15) is 0 Å². The summed E-state index contributed by atoms with van der Waals surface area (Å²) in [7, 11) is 0. The molecule has 0 aliphatic heterocycles. The van der Waals surface area contributed by atoms with Gasteiger partial charge in [0.15, 0.2) is 0 Å². The summed E-state index contributed by atoms with van der Waals surface area (Å²) < 4.78 is 5.58. The fraction of sp³-hybridized carbons (Fsp3) is 0.875. The number of allylic oxidation sites excluding steroid dienone is 2. The second-order valence-corrected chi connectivity index (χ2v) is 10.6. The van der Waals surface area contributed by atoms with E-state index in [4.69, 9.17) is 4.74 Å². The lowest BCUT2D eigenvalue weighted by atomic mass is 9.47.